The minimum absolute atomic E-state index is 0.423. The molecular formula is C15H15NO. The Morgan fingerprint density at radius 1 is 1.35 bits per heavy atom. The summed E-state index contributed by atoms with van der Waals surface area (Å²) in [5.41, 5.74) is 3.55. The first-order valence-corrected chi connectivity index (χ1v) is 5.69. The molecule has 1 atom stereocenters. The van der Waals surface area contributed by atoms with Crippen molar-refractivity contribution in [2.75, 3.05) is 0 Å². The Hall–Kier alpha value is -1.96. The van der Waals surface area contributed by atoms with E-state index < -0.39 is 0 Å². The zero-order valence-electron chi connectivity index (χ0n) is 10.1. The lowest BCUT2D eigenvalue weighted by atomic mass is 10.0. The standard InChI is InChI=1S/C15H15NO/c1-11-4-3-5-13(7-6-11)15-8-12(2)16-9-14(15)10-17/h3-11H,1-2H3. The molecule has 2 rings (SSSR count). The van der Waals surface area contributed by atoms with Crippen LogP contribution in [0.25, 0.3) is 5.57 Å². The molecule has 0 N–H and O–H groups in total. The topological polar surface area (TPSA) is 30.0 Å². The van der Waals surface area contributed by atoms with Crippen molar-refractivity contribution < 1.29 is 4.79 Å². The van der Waals surface area contributed by atoms with Gasteiger partial charge in [0.2, 0.25) is 0 Å². The van der Waals surface area contributed by atoms with E-state index in [0.29, 0.717) is 11.5 Å². The summed E-state index contributed by atoms with van der Waals surface area (Å²) < 4.78 is 0. The number of aryl methyl sites for hydroxylation is 1. The van der Waals surface area contributed by atoms with Crippen LogP contribution in [-0.4, -0.2) is 11.3 Å². The lowest BCUT2D eigenvalue weighted by molar-refractivity contribution is 0.112. The smallest absolute Gasteiger partial charge is 0.152 e. The number of allylic oxidation sites excluding steroid dienone is 6. The van der Waals surface area contributed by atoms with Gasteiger partial charge in [0.25, 0.3) is 0 Å². The highest BCUT2D eigenvalue weighted by atomic mass is 16.1. The Kier molecular flexibility index (Phi) is 3.33. The SMILES string of the molecule is Cc1cc(C2=CC=CC(C)C=C2)c(C=O)cn1. The van der Waals surface area contributed by atoms with Crippen LogP contribution in [0.2, 0.25) is 0 Å². The predicted molar refractivity (Wildman–Crippen MR) is 69.8 cm³/mol. The predicted octanol–water partition coefficient (Wildman–Crippen LogP) is 3.35. The van der Waals surface area contributed by atoms with Crippen molar-refractivity contribution >= 4 is 11.9 Å². The van der Waals surface area contributed by atoms with Crippen molar-refractivity contribution in [2.24, 2.45) is 5.92 Å². The molecule has 86 valence electrons. The van der Waals surface area contributed by atoms with Gasteiger partial charge in [-0.1, -0.05) is 37.3 Å². The van der Waals surface area contributed by atoms with Crippen molar-refractivity contribution in [2.45, 2.75) is 13.8 Å². The molecule has 0 aliphatic heterocycles. The molecule has 0 bridgehead atoms. The van der Waals surface area contributed by atoms with E-state index in [9.17, 15) is 4.79 Å². The molecule has 0 aromatic carbocycles. The normalized spacial score (nSPS) is 18.7. The number of pyridine rings is 1. The average molecular weight is 225 g/mol. The van der Waals surface area contributed by atoms with Gasteiger partial charge in [-0.15, -0.1) is 0 Å². The maximum atomic E-state index is 11.0. The Morgan fingerprint density at radius 3 is 2.94 bits per heavy atom. The monoisotopic (exact) mass is 225 g/mol. The Morgan fingerprint density at radius 2 is 2.18 bits per heavy atom. The van der Waals surface area contributed by atoms with E-state index in [4.69, 9.17) is 0 Å². The molecule has 1 aliphatic rings. The van der Waals surface area contributed by atoms with Crippen LogP contribution in [0.4, 0.5) is 0 Å². The molecule has 1 unspecified atom stereocenters. The Bertz CT molecular complexity index is 524. The summed E-state index contributed by atoms with van der Waals surface area (Å²) in [4.78, 5) is 15.2. The van der Waals surface area contributed by atoms with Crippen LogP contribution in [0, 0.1) is 12.8 Å². The van der Waals surface area contributed by atoms with Crippen molar-refractivity contribution in [3.05, 3.63) is 59.5 Å². The molecule has 0 saturated carbocycles. The second-order valence-electron chi connectivity index (χ2n) is 4.26. The van der Waals surface area contributed by atoms with Crippen LogP contribution in [0.5, 0.6) is 0 Å². The summed E-state index contributed by atoms with van der Waals surface area (Å²) in [6.45, 7) is 4.06. The molecule has 2 heteroatoms. The zero-order valence-corrected chi connectivity index (χ0v) is 10.1. The van der Waals surface area contributed by atoms with Gasteiger partial charge in [-0.2, -0.15) is 0 Å². The van der Waals surface area contributed by atoms with Crippen LogP contribution in [-0.2, 0) is 0 Å². The van der Waals surface area contributed by atoms with Crippen LogP contribution >= 0.6 is 0 Å². The van der Waals surface area contributed by atoms with E-state index in [1.54, 1.807) is 6.20 Å². The highest BCUT2D eigenvalue weighted by Crippen LogP contribution is 2.22. The van der Waals surface area contributed by atoms with E-state index in [0.717, 1.165) is 23.1 Å². The van der Waals surface area contributed by atoms with Gasteiger partial charge in [-0.3, -0.25) is 9.78 Å². The molecular weight excluding hydrogens is 210 g/mol. The number of aldehydes is 1. The molecule has 0 fully saturated rings. The number of carbonyl (C=O) groups is 1. The molecule has 2 nitrogen and oxygen atoms in total. The lowest BCUT2D eigenvalue weighted by Crippen LogP contribution is -1.94. The van der Waals surface area contributed by atoms with Gasteiger partial charge < -0.3 is 0 Å². The number of carbonyl (C=O) groups excluding carboxylic acids is 1. The van der Waals surface area contributed by atoms with Crippen molar-refractivity contribution in [3.8, 4) is 0 Å². The van der Waals surface area contributed by atoms with Gasteiger partial charge in [0.1, 0.15) is 0 Å². The minimum Gasteiger partial charge on any atom is -0.298 e. The van der Waals surface area contributed by atoms with Crippen molar-refractivity contribution in [1.29, 1.82) is 0 Å². The summed E-state index contributed by atoms with van der Waals surface area (Å²) in [6, 6.07) is 1.95. The summed E-state index contributed by atoms with van der Waals surface area (Å²) in [7, 11) is 0. The highest BCUT2D eigenvalue weighted by Gasteiger charge is 2.07. The number of hydrogen-bond donors (Lipinski definition) is 0. The molecule has 0 spiro atoms. The van der Waals surface area contributed by atoms with E-state index in [2.05, 4.69) is 30.1 Å². The van der Waals surface area contributed by atoms with Gasteiger partial charge in [0, 0.05) is 17.5 Å². The molecule has 0 radical (unpaired) electrons. The first-order chi connectivity index (χ1) is 8.20. The fraction of sp³-hybridized carbons (Fsp3) is 0.200. The second-order valence-corrected chi connectivity index (χ2v) is 4.26. The van der Waals surface area contributed by atoms with Gasteiger partial charge in [0.05, 0.1) is 0 Å². The minimum atomic E-state index is 0.423. The first kappa shape index (κ1) is 11.5. The Labute approximate surface area is 101 Å². The highest BCUT2D eigenvalue weighted by molar-refractivity contribution is 5.88. The van der Waals surface area contributed by atoms with E-state index in [1.165, 1.54) is 0 Å². The third-order valence-electron chi connectivity index (χ3n) is 2.78. The largest absolute Gasteiger partial charge is 0.298 e. The third-order valence-corrected chi connectivity index (χ3v) is 2.78. The number of rotatable bonds is 2. The van der Waals surface area contributed by atoms with E-state index in [1.807, 2.05) is 25.1 Å². The maximum Gasteiger partial charge on any atom is 0.152 e. The van der Waals surface area contributed by atoms with Crippen molar-refractivity contribution in [1.82, 2.24) is 4.98 Å². The van der Waals surface area contributed by atoms with Crippen LogP contribution < -0.4 is 0 Å². The lowest BCUT2D eigenvalue weighted by Gasteiger charge is -2.06. The molecule has 0 saturated heterocycles. The van der Waals surface area contributed by atoms with Gasteiger partial charge in [0.15, 0.2) is 6.29 Å². The van der Waals surface area contributed by atoms with Gasteiger partial charge in [-0.25, -0.2) is 0 Å². The molecule has 1 aliphatic carbocycles. The fourth-order valence-electron chi connectivity index (χ4n) is 1.80. The zero-order chi connectivity index (χ0) is 12.3. The Balaban J connectivity index is 2.50. The average Bonchev–Trinajstić information content (AvgIpc) is 2.54. The van der Waals surface area contributed by atoms with E-state index >= 15 is 0 Å². The van der Waals surface area contributed by atoms with Crippen molar-refractivity contribution in [3.63, 3.8) is 0 Å². The van der Waals surface area contributed by atoms with Gasteiger partial charge >= 0.3 is 0 Å². The summed E-state index contributed by atoms with van der Waals surface area (Å²) >= 11 is 0. The summed E-state index contributed by atoms with van der Waals surface area (Å²) in [5.74, 6) is 0.423. The first-order valence-electron chi connectivity index (χ1n) is 5.69. The maximum absolute atomic E-state index is 11.0. The quantitative estimate of drug-likeness (QED) is 0.722. The molecule has 0 amide bonds. The molecule has 1 aromatic rings. The fourth-order valence-corrected chi connectivity index (χ4v) is 1.80. The van der Waals surface area contributed by atoms with E-state index in [-0.39, 0.29) is 0 Å². The molecule has 17 heavy (non-hydrogen) atoms. The molecule has 1 aromatic heterocycles. The van der Waals surface area contributed by atoms with Crippen LogP contribution in [0.3, 0.4) is 0 Å². The number of hydrogen-bond acceptors (Lipinski definition) is 2. The van der Waals surface area contributed by atoms with Gasteiger partial charge in [-0.05, 0) is 30.0 Å². The summed E-state index contributed by atoms with van der Waals surface area (Å²) in [6.07, 6.45) is 12.9. The molecule has 1 heterocycles. The van der Waals surface area contributed by atoms with Crippen LogP contribution in [0.1, 0.15) is 28.5 Å². The summed E-state index contributed by atoms with van der Waals surface area (Å²) in [5, 5.41) is 0. The van der Waals surface area contributed by atoms with Crippen LogP contribution in [0.15, 0.2) is 42.6 Å². The number of aromatic nitrogens is 1. The second kappa shape index (κ2) is 4.91. The number of nitrogens with zero attached hydrogens (tertiary/aromatic N) is 1. The third kappa shape index (κ3) is 2.59.